The van der Waals surface area contributed by atoms with E-state index in [1.54, 1.807) is 12.3 Å². The molecule has 2 N–H and O–H groups in total. The average molecular weight is 470 g/mol. The van der Waals surface area contributed by atoms with Crippen molar-refractivity contribution in [1.29, 1.82) is 0 Å². The molecule has 5 nitrogen and oxygen atoms in total. The molecule has 0 fully saturated rings. The maximum atomic E-state index is 12.4. The lowest BCUT2D eigenvalue weighted by atomic mass is 10.1. The van der Waals surface area contributed by atoms with Gasteiger partial charge in [-0.25, -0.2) is 15.0 Å². The summed E-state index contributed by atoms with van der Waals surface area (Å²) in [6, 6.07) is 6.51. The highest BCUT2D eigenvalue weighted by molar-refractivity contribution is 8.01. The fourth-order valence-corrected chi connectivity index (χ4v) is 4.41. The van der Waals surface area contributed by atoms with Gasteiger partial charge in [-0.1, -0.05) is 18.5 Å². The Morgan fingerprint density at radius 1 is 1.20 bits per heavy atom. The summed E-state index contributed by atoms with van der Waals surface area (Å²) in [7, 11) is 0. The largest absolute Gasteiger partial charge is 0.461 e. The van der Waals surface area contributed by atoms with Crippen molar-refractivity contribution in [3.63, 3.8) is 0 Å². The molecule has 0 radical (unpaired) electrons. The van der Waals surface area contributed by atoms with Crippen LogP contribution >= 0.6 is 34.9 Å². The van der Waals surface area contributed by atoms with Crippen LogP contribution in [0.2, 0.25) is 5.02 Å². The third kappa shape index (κ3) is 4.55. The predicted octanol–water partition coefficient (Wildman–Crippen LogP) is 6.93. The van der Waals surface area contributed by atoms with Crippen LogP contribution in [-0.4, -0.2) is 25.4 Å². The summed E-state index contributed by atoms with van der Waals surface area (Å²) in [5.74, 6) is 0.882. The Kier molecular flexibility index (Phi) is 5.90. The molecular formula is C19H15ClF3N5S2. The van der Waals surface area contributed by atoms with Gasteiger partial charge in [0.05, 0.1) is 28.2 Å². The summed E-state index contributed by atoms with van der Waals surface area (Å²) in [4.78, 5) is 16.8. The first-order chi connectivity index (χ1) is 14.3. The lowest BCUT2D eigenvalue weighted by Gasteiger charge is -2.09. The number of aromatic nitrogens is 4. The molecule has 3 aromatic heterocycles. The number of nitrogens with zero attached hydrogens (tertiary/aromatic N) is 3. The van der Waals surface area contributed by atoms with Crippen molar-refractivity contribution in [1.82, 2.24) is 19.9 Å². The molecule has 11 heteroatoms. The van der Waals surface area contributed by atoms with Gasteiger partial charge in [-0.05, 0) is 30.7 Å². The Morgan fingerprint density at radius 2 is 2.03 bits per heavy atom. The topological polar surface area (TPSA) is 66.5 Å². The van der Waals surface area contributed by atoms with E-state index in [9.17, 15) is 13.2 Å². The van der Waals surface area contributed by atoms with Gasteiger partial charge in [-0.3, -0.25) is 0 Å². The normalized spacial score (nSPS) is 11.9. The van der Waals surface area contributed by atoms with Crippen molar-refractivity contribution in [2.24, 2.45) is 0 Å². The molecule has 3 heterocycles. The maximum absolute atomic E-state index is 12.4. The zero-order valence-electron chi connectivity index (χ0n) is 15.5. The number of benzene rings is 1. The van der Waals surface area contributed by atoms with Crippen molar-refractivity contribution in [2.45, 2.75) is 25.3 Å². The Hall–Kier alpha value is -2.30. The van der Waals surface area contributed by atoms with E-state index in [0.29, 0.717) is 21.9 Å². The molecule has 0 saturated heterocycles. The fourth-order valence-electron chi connectivity index (χ4n) is 2.92. The van der Waals surface area contributed by atoms with Crippen molar-refractivity contribution >= 4 is 51.7 Å². The fraction of sp³-hybridized carbons (Fsp3) is 0.211. The summed E-state index contributed by atoms with van der Waals surface area (Å²) < 4.78 is 39.3. The molecule has 0 saturated carbocycles. The van der Waals surface area contributed by atoms with E-state index in [1.165, 1.54) is 23.5 Å². The monoisotopic (exact) mass is 469 g/mol. The minimum atomic E-state index is -4.38. The molecule has 0 bridgehead atoms. The Balaban J connectivity index is 1.63. The number of thiazole rings is 1. The highest BCUT2D eigenvalue weighted by Crippen LogP contribution is 2.37. The molecule has 156 valence electrons. The van der Waals surface area contributed by atoms with Gasteiger partial charge in [0.1, 0.15) is 10.8 Å². The number of aryl methyl sites for hydroxylation is 1. The number of H-pyrrole nitrogens is 1. The molecule has 30 heavy (non-hydrogen) atoms. The van der Waals surface area contributed by atoms with E-state index in [-0.39, 0.29) is 17.6 Å². The van der Waals surface area contributed by atoms with Crippen LogP contribution in [0.3, 0.4) is 0 Å². The van der Waals surface area contributed by atoms with Gasteiger partial charge in [0, 0.05) is 34.8 Å². The number of alkyl halides is 3. The number of pyridine rings is 1. The standard InChI is InChI=1S/C19H15ClF3N5S2/c1-2-3-15-26-16-12(6-7-24-17(16)27-15)18-25-14(9-29-18)11-5-4-10(8-13(11)20)28-30-19(21,22)23/h4-9,28H,2-3H2,1H3,(H,24,26,27). The van der Waals surface area contributed by atoms with Gasteiger partial charge in [0.2, 0.25) is 0 Å². The highest BCUT2D eigenvalue weighted by Gasteiger charge is 2.29. The quantitative estimate of drug-likeness (QED) is 0.299. The minimum absolute atomic E-state index is 0.262. The van der Waals surface area contributed by atoms with Gasteiger partial charge < -0.3 is 9.71 Å². The number of hydrogen-bond acceptors (Lipinski definition) is 6. The van der Waals surface area contributed by atoms with E-state index < -0.39 is 5.51 Å². The molecule has 1 aromatic carbocycles. The Labute approximate surface area is 183 Å². The molecule has 4 aromatic rings. The summed E-state index contributed by atoms with van der Waals surface area (Å²) in [5, 5.41) is 2.95. The van der Waals surface area contributed by atoms with Crippen LogP contribution in [0.1, 0.15) is 19.2 Å². The third-order valence-electron chi connectivity index (χ3n) is 4.19. The second kappa shape index (κ2) is 8.44. The molecule has 0 aliphatic rings. The van der Waals surface area contributed by atoms with Crippen molar-refractivity contribution < 1.29 is 13.2 Å². The Morgan fingerprint density at radius 3 is 2.77 bits per heavy atom. The Bertz CT molecular complexity index is 1190. The smallest absolute Gasteiger partial charge is 0.340 e. The summed E-state index contributed by atoms with van der Waals surface area (Å²) in [6.07, 6.45) is 3.50. The van der Waals surface area contributed by atoms with Crippen molar-refractivity contribution in [2.75, 3.05) is 4.72 Å². The number of nitrogens with one attached hydrogen (secondary N) is 2. The van der Waals surface area contributed by atoms with Crippen LogP contribution in [0.25, 0.3) is 33.0 Å². The SMILES string of the molecule is CCCc1nc2nccc(-c3nc(-c4ccc(NSC(F)(F)F)cc4Cl)cs3)c2[nH]1. The van der Waals surface area contributed by atoms with Crippen LogP contribution < -0.4 is 4.72 Å². The molecule has 0 aliphatic heterocycles. The van der Waals surface area contributed by atoms with Gasteiger partial charge in [0.25, 0.3) is 0 Å². The number of fused-ring (bicyclic) bond motifs is 1. The van der Waals surface area contributed by atoms with Crippen molar-refractivity contribution in [3.8, 4) is 21.8 Å². The first-order valence-electron chi connectivity index (χ1n) is 8.94. The molecule has 4 rings (SSSR count). The first kappa shape index (κ1) is 21.0. The number of hydrogen-bond donors (Lipinski definition) is 2. The summed E-state index contributed by atoms with van der Waals surface area (Å²) >= 11 is 7.43. The maximum Gasteiger partial charge on any atom is 0.461 e. The zero-order chi connectivity index (χ0) is 21.3. The first-order valence-corrected chi connectivity index (χ1v) is 11.0. The lowest BCUT2D eigenvalue weighted by molar-refractivity contribution is -0.0323. The molecule has 0 atom stereocenters. The van der Waals surface area contributed by atoms with Crippen LogP contribution in [0.5, 0.6) is 0 Å². The average Bonchev–Trinajstić information content (AvgIpc) is 3.32. The van der Waals surface area contributed by atoms with Crippen LogP contribution in [0.15, 0.2) is 35.8 Å². The number of rotatable bonds is 6. The second-order valence-corrected chi connectivity index (χ2v) is 8.51. The lowest BCUT2D eigenvalue weighted by Crippen LogP contribution is -2.04. The third-order valence-corrected chi connectivity index (χ3v) is 5.95. The van der Waals surface area contributed by atoms with Gasteiger partial charge in [0.15, 0.2) is 5.65 Å². The van der Waals surface area contributed by atoms with E-state index in [0.717, 1.165) is 34.8 Å². The number of aromatic amines is 1. The number of halogens is 4. The van der Waals surface area contributed by atoms with Crippen molar-refractivity contribution in [3.05, 3.63) is 46.7 Å². The van der Waals surface area contributed by atoms with Crippen LogP contribution in [0.4, 0.5) is 18.9 Å². The summed E-state index contributed by atoms with van der Waals surface area (Å²) in [5.41, 5.74) is -0.467. The molecule has 0 unspecified atom stereocenters. The van der Waals surface area contributed by atoms with E-state index in [1.807, 2.05) is 11.4 Å². The number of imidazole rings is 1. The molecule has 0 amide bonds. The molecule has 0 spiro atoms. The van der Waals surface area contributed by atoms with Gasteiger partial charge in [-0.2, -0.15) is 13.2 Å². The highest BCUT2D eigenvalue weighted by atomic mass is 35.5. The van der Waals surface area contributed by atoms with Crippen LogP contribution in [-0.2, 0) is 6.42 Å². The number of anilines is 1. The van der Waals surface area contributed by atoms with Gasteiger partial charge in [-0.15, -0.1) is 11.3 Å². The second-order valence-electron chi connectivity index (χ2n) is 6.37. The molecular weight excluding hydrogens is 455 g/mol. The van der Waals surface area contributed by atoms with Gasteiger partial charge >= 0.3 is 5.51 Å². The summed E-state index contributed by atoms with van der Waals surface area (Å²) in [6.45, 7) is 2.08. The zero-order valence-corrected chi connectivity index (χ0v) is 17.9. The van der Waals surface area contributed by atoms with E-state index in [4.69, 9.17) is 11.6 Å². The van der Waals surface area contributed by atoms with E-state index >= 15 is 0 Å². The molecule has 0 aliphatic carbocycles. The van der Waals surface area contributed by atoms with E-state index in [2.05, 4.69) is 31.6 Å². The minimum Gasteiger partial charge on any atom is -0.340 e. The van der Waals surface area contributed by atoms with Crippen LogP contribution in [0, 0.1) is 0 Å². The predicted molar refractivity (Wildman–Crippen MR) is 117 cm³/mol.